The molecule has 0 aliphatic heterocycles. The van der Waals surface area contributed by atoms with Crippen molar-refractivity contribution in [2.24, 2.45) is 0 Å². The minimum atomic E-state index is 0.440. The van der Waals surface area contributed by atoms with Gasteiger partial charge in [-0.3, -0.25) is 0 Å². The van der Waals surface area contributed by atoms with E-state index in [1.165, 1.54) is 0 Å². The number of hydrogen-bond acceptors (Lipinski definition) is 4. The first-order chi connectivity index (χ1) is 9.47. The Morgan fingerprint density at radius 2 is 1.75 bits per heavy atom. The van der Waals surface area contributed by atoms with Crippen LogP contribution in [0.5, 0.6) is 0 Å². The van der Waals surface area contributed by atoms with Crippen molar-refractivity contribution in [2.75, 3.05) is 0 Å². The molecule has 0 radical (unpaired) electrons. The molecule has 3 aromatic rings. The Morgan fingerprint density at radius 1 is 1.00 bits per heavy atom. The van der Waals surface area contributed by atoms with Gasteiger partial charge in [0.25, 0.3) is 0 Å². The maximum absolute atomic E-state index is 6.29. The molecular weight excluding hydrogens is 313 g/mol. The average Bonchev–Trinajstić information content (AvgIpc) is 2.73. The van der Waals surface area contributed by atoms with Gasteiger partial charge in [0.1, 0.15) is 5.15 Å². The van der Waals surface area contributed by atoms with Crippen molar-refractivity contribution in [1.29, 1.82) is 0 Å². The number of nitrogens with zero attached hydrogens (tertiary/aromatic N) is 3. The summed E-state index contributed by atoms with van der Waals surface area (Å²) in [6, 6.07) is 3.66. The maximum atomic E-state index is 6.29. The Kier molecular flexibility index (Phi) is 3.40. The highest BCUT2D eigenvalue weighted by Gasteiger charge is 2.15. The third kappa shape index (κ3) is 2.18. The number of rotatable bonds is 1. The van der Waals surface area contributed by atoms with Gasteiger partial charge in [-0.1, -0.05) is 23.2 Å². The van der Waals surface area contributed by atoms with Crippen LogP contribution in [0.1, 0.15) is 16.3 Å². The van der Waals surface area contributed by atoms with Crippen molar-refractivity contribution < 1.29 is 0 Å². The molecule has 0 aliphatic carbocycles. The lowest BCUT2D eigenvalue weighted by Gasteiger charge is -2.07. The molecule has 2 aromatic heterocycles. The van der Waals surface area contributed by atoms with Crippen LogP contribution in [0.3, 0.4) is 0 Å². The molecule has 3 nitrogen and oxygen atoms in total. The first-order valence-electron chi connectivity index (χ1n) is 6.04. The van der Waals surface area contributed by atoms with E-state index in [1.54, 1.807) is 11.3 Å². The van der Waals surface area contributed by atoms with Crippen LogP contribution in [0.2, 0.25) is 10.2 Å². The van der Waals surface area contributed by atoms with Gasteiger partial charge in [0, 0.05) is 10.4 Å². The zero-order chi connectivity index (χ0) is 14.4. The van der Waals surface area contributed by atoms with E-state index in [0.717, 1.165) is 32.0 Å². The van der Waals surface area contributed by atoms with E-state index < -0.39 is 0 Å². The molecule has 0 saturated carbocycles. The van der Waals surface area contributed by atoms with E-state index in [0.29, 0.717) is 16.0 Å². The van der Waals surface area contributed by atoms with Gasteiger partial charge < -0.3 is 0 Å². The largest absolute Gasteiger partial charge is 0.246 e. The fourth-order valence-electron chi connectivity index (χ4n) is 2.11. The number of aromatic nitrogens is 3. The van der Waals surface area contributed by atoms with Crippen LogP contribution in [0.25, 0.3) is 21.6 Å². The SMILES string of the molecule is Cc1nc(C)c(-c2nc(Cl)c3ccc(Cl)c(C)c3n2)s1. The monoisotopic (exact) mass is 323 g/mol. The summed E-state index contributed by atoms with van der Waals surface area (Å²) >= 11 is 14.0. The highest BCUT2D eigenvalue weighted by molar-refractivity contribution is 7.15. The van der Waals surface area contributed by atoms with Crippen LogP contribution in [0.15, 0.2) is 12.1 Å². The second kappa shape index (κ2) is 4.95. The van der Waals surface area contributed by atoms with Gasteiger partial charge in [-0.05, 0) is 38.5 Å². The Balaban J connectivity index is 2.34. The van der Waals surface area contributed by atoms with Crippen molar-refractivity contribution in [3.63, 3.8) is 0 Å². The summed E-state index contributed by atoms with van der Waals surface area (Å²) in [6.45, 7) is 5.85. The Hall–Kier alpha value is -1.23. The van der Waals surface area contributed by atoms with Crippen LogP contribution < -0.4 is 0 Å². The van der Waals surface area contributed by atoms with Gasteiger partial charge in [0.05, 0.1) is 21.1 Å². The predicted octanol–water partition coefficient (Wildman–Crippen LogP) is 4.99. The second-order valence-electron chi connectivity index (χ2n) is 4.55. The number of benzene rings is 1. The quantitative estimate of drug-likeness (QED) is 0.592. The van der Waals surface area contributed by atoms with E-state index in [4.69, 9.17) is 23.2 Å². The molecule has 0 atom stereocenters. The Bertz CT molecular complexity index is 827. The van der Waals surface area contributed by atoms with Crippen LogP contribution in [-0.4, -0.2) is 15.0 Å². The molecule has 0 N–H and O–H groups in total. The fourth-order valence-corrected chi connectivity index (χ4v) is 3.35. The highest BCUT2D eigenvalue weighted by atomic mass is 35.5. The first-order valence-corrected chi connectivity index (χ1v) is 7.61. The van der Waals surface area contributed by atoms with E-state index >= 15 is 0 Å². The summed E-state index contributed by atoms with van der Waals surface area (Å²) in [5, 5.41) is 2.92. The van der Waals surface area contributed by atoms with Crippen LogP contribution in [0, 0.1) is 20.8 Å². The Labute approximate surface area is 130 Å². The van der Waals surface area contributed by atoms with Gasteiger partial charge in [0.15, 0.2) is 5.82 Å². The molecule has 6 heteroatoms. The minimum absolute atomic E-state index is 0.440. The van der Waals surface area contributed by atoms with Crippen molar-refractivity contribution in [3.05, 3.63) is 38.6 Å². The molecule has 0 amide bonds. The third-order valence-corrected chi connectivity index (χ3v) is 4.88. The van der Waals surface area contributed by atoms with Crippen molar-refractivity contribution in [3.8, 4) is 10.7 Å². The molecule has 2 heterocycles. The van der Waals surface area contributed by atoms with Crippen molar-refractivity contribution in [1.82, 2.24) is 15.0 Å². The molecule has 20 heavy (non-hydrogen) atoms. The van der Waals surface area contributed by atoms with Gasteiger partial charge in [0.2, 0.25) is 0 Å². The number of halogens is 2. The van der Waals surface area contributed by atoms with E-state index in [1.807, 2.05) is 32.9 Å². The lowest BCUT2D eigenvalue weighted by Crippen LogP contribution is -1.94. The predicted molar refractivity (Wildman–Crippen MR) is 84.9 cm³/mol. The molecule has 0 aliphatic rings. The van der Waals surface area contributed by atoms with Gasteiger partial charge in [-0.15, -0.1) is 11.3 Å². The summed E-state index contributed by atoms with van der Waals surface area (Å²) in [5.74, 6) is 0.607. The number of aryl methyl sites for hydroxylation is 3. The van der Waals surface area contributed by atoms with Crippen LogP contribution >= 0.6 is 34.5 Å². The van der Waals surface area contributed by atoms with Crippen molar-refractivity contribution in [2.45, 2.75) is 20.8 Å². The normalized spacial score (nSPS) is 11.2. The molecule has 0 unspecified atom stereocenters. The average molecular weight is 324 g/mol. The molecule has 1 aromatic carbocycles. The van der Waals surface area contributed by atoms with Crippen LogP contribution in [0.4, 0.5) is 0 Å². The summed E-state index contributed by atoms with van der Waals surface area (Å²) < 4.78 is 0. The van der Waals surface area contributed by atoms with Gasteiger partial charge in [-0.25, -0.2) is 15.0 Å². The smallest absolute Gasteiger partial charge is 0.173 e. The van der Waals surface area contributed by atoms with E-state index in [2.05, 4.69) is 15.0 Å². The van der Waals surface area contributed by atoms with E-state index in [9.17, 15) is 0 Å². The lowest BCUT2D eigenvalue weighted by atomic mass is 10.1. The molecule has 3 rings (SSSR count). The molecule has 102 valence electrons. The first kappa shape index (κ1) is 13.7. The number of fused-ring (bicyclic) bond motifs is 1. The lowest BCUT2D eigenvalue weighted by molar-refractivity contribution is 1.17. The summed E-state index contributed by atoms with van der Waals surface area (Å²) in [4.78, 5) is 14.4. The minimum Gasteiger partial charge on any atom is -0.246 e. The zero-order valence-electron chi connectivity index (χ0n) is 11.2. The molecule has 0 spiro atoms. The summed E-state index contributed by atoms with van der Waals surface area (Å²) in [6.07, 6.45) is 0. The van der Waals surface area contributed by atoms with E-state index in [-0.39, 0.29) is 0 Å². The Morgan fingerprint density at radius 3 is 2.40 bits per heavy atom. The van der Waals surface area contributed by atoms with Gasteiger partial charge >= 0.3 is 0 Å². The maximum Gasteiger partial charge on any atom is 0.173 e. The fraction of sp³-hybridized carbons (Fsp3) is 0.214. The number of thiazole rings is 1. The molecule has 0 fully saturated rings. The zero-order valence-corrected chi connectivity index (χ0v) is 13.5. The van der Waals surface area contributed by atoms with Gasteiger partial charge in [-0.2, -0.15) is 0 Å². The number of hydrogen-bond donors (Lipinski definition) is 0. The van der Waals surface area contributed by atoms with Crippen molar-refractivity contribution >= 4 is 45.4 Å². The summed E-state index contributed by atoms with van der Waals surface area (Å²) in [5.41, 5.74) is 2.62. The molecule has 0 saturated heterocycles. The molecular formula is C14H11Cl2N3S. The standard InChI is InChI=1S/C14H11Cl2N3S/c1-6-10(15)5-4-9-11(6)18-14(19-13(9)16)12-7(2)17-8(3)20-12/h4-5H,1-3H3. The third-order valence-electron chi connectivity index (χ3n) is 3.12. The van der Waals surface area contributed by atoms with Crippen LogP contribution in [-0.2, 0) is 0 Å². The highest BCUT2D eigenvalue weighted by Crippen LogP contribution is 2.33. The summed E-state index contributed by atoms with van der Waals surface area (Å²) in [7, 11) is 0. The topological polar surface area (TPSA) is 38.7 Å². The second-order valence-corrected chi connectivity index (χ2v) is 6.52. The molecule has 0 bridgehead atoms.